The molecule has 3 rings (SSSR count). The van der Waals surface area contributed by atoms with E-state index >= 15 is 0 Å². The van der Waals surface area contributed by atoms with Crippen LogP contribution in [0, 0.1) is 0 Å². The fourth-order valence-corrected chi connectivity index (χ4v) is 3.68. The average Bonchev–Trinajstić information content (AvgIpc) is 2.86. The van der Waals surface area contributed by atoms with E-state index in [4.69, 9.17) is 4.74 Å². The van der Waals surface area contributed by atoms with E-state index in [-0.39, 0.29) is 0 Å². The molecule has 2 aliphatic carbocycles. The molecule has 0 saturated heterocycles. The molecule has 1 aromatic rings. The summed E-state index contributed by atoms with van der Waals surface area (Å²) in [6.07, 6.45) is 5.84. The third-order valence-electron chi connectivity index (χ3n) is 4.73. The summed E-state index contributed by atoms with van der Waals surface area (Å²) in [5.41, 5.74) is 2.34. The lowest BCUT2D eigenvalue weighted by molar-refractivity contribution is -0.144. The predicted octanol–water partition coefficient (Wildman–Crippen LogP) is 3.63. The quantitative estimate of drug-likeness (QED) is 0.806. The Morgan fingerprint density at radius 3 is 2.74 bits per heavy atom. The number of hydrogen-bond donors (Lipinski definition) is 0. The van der Waals surface area contributed by atoms with E-state index in [1.807, 2.05) is 6.92 Å². The highest BCUT2D eigenvalue weighted by Gasteiger charge is 2.43. The number of hydrogen-bond acceptors (Lipinski definition) is 2. The average molecular weight is 258 g/mol. The minimum absolute atomic E-state index is 0.339. The zero-order chi connectivity index (χ0) is 13.3. The molecule has 0 radical (unpaired) electrons. The zero-order valence-corrected chi connectivity index (χ0v) is 11.7. The first-order chi connectivity index (χ1) is 9.25. The first-order valence-electron chi connectivity index (χ1n) is 7.50. The molecule has 1 atom stereocenters. The zero-order valence-electron chi connectivity index (χ0n) is 11.7. The van der Waals surface area contributed by atoms with Crippen molar-refractivity contribution in [2.24, 2.45) is 0 Å². The Bertz CT molecular complexity index is 472. The molecule has 0 heterocycles. The number of ketones is 1. The van der Waals surface area contributed by atoms with E-state index in [0.717, 1.165) is 32.1 Å². The van der Waals surface area contributed by atoms with Crippen LogP contribution in [0.1, 0.15) is 56.1 Å². The van der Waals surface area contributed by atoms with Gasteiger partial charge < -0.3 is 4.74 Å². The van der Waals surface area contributed by atoms with Gasteiger partial charge in [0.25, 0.3) is 0 Å². The molecule has 2 aliphatic rings. The second-order valence-corrected chi connectivity index (χ2v) is 5.86. The molecular formula is C17H22O2. The second-order valence-electron chi connectivity index (χ2n) is 5.86. The van der Waals surface area contributed by atoms with Gasteiger partial charge in [-0.25, -0.2) is 0 Å². The number of Topliss-reactive ketones (excluding diaryl/α,β-unsaturated/α-hetero) is 1. The molecule has 19 heavy (non-hydrogen) atoms. The van der Waals surface area contributed by atoms with Crippen molar-refractivity contribution < 1.29 is 9.53 Å². The summed E-state index contributed by atoms with van der Waals surface area (Å²) in [5, 5.41) is 0. The van der Waals surface area contributed by atoms with Gasteiger partial charge in [-0.15, -0.1) is 0 Å². The molecule has 2 nitrogen and oxygen atoms in total. The van der Waals surface area contributed by atoms with E-state index in [1.165, 1.54) is 11.1 Å². The van der Waals surface area contributed by atoms with Gasteiger partial charge in [-0.3, -0.25) is 4.79 Å². The molecular weight excluding hydrogens is 236 g/mol. The monoisotopic (exact) mass is 258 g/mol. The van der Waals surface area contributed by atoms with Crippen molar-refractivity contribution in [2.75, 3.05) is 6.61 Å². The largest absolute Gasteiger partial charge is 0.368 e. The molecule has 102 valence electrons. The van der Waals surface area contributed by atoms with Gasteiger partial charge in [0.15, 0.2) is 5.78 Å². The normalized spacial score (nSPS) is 23.7. The van der Waals surface area contributed by atoms with Crippen LogP contribution in [0.2, 0.25) is 0 Å². The van der Waals surface area contributed by atoms with E-state index in [2.05, 4.69) is 24.3 Å². The van der Waals surface area contributed by atoms with Crippen molar-refractivity contribution in [1.29, 1.82) is 0 Å². The Morgan fingerprint density at radius 1 is 1.32 bits per heavy atom. The molecule has 1 unspecified atom stereocenters. The molecule has 0 aliphatic heterocycles. The number of benzene rings is 1. The minimum Gasteiger partial charge on any atom is -0.368 e. The standard InChI is InChI=1S/C17H22O2/c1-2-19-17(9-5-6-10-17)16(18)12-14-11-13-7-3-4-8-15(13)14/h3-4,7-8,14H,2,5-6,9-12H2,1H3. The highest BCUT2D eigenvalue weighted by Crippen LogP contribution is 2.41. The molecule has 2 heteroatoms. The molecule has 1 saturated carbocycles. The maximum absolute atomic E-state index is 12.6. The fraction of sp³-hybridized carbons (Fsp3) is 0.588. The van der Waals surface area contributed by atoms with Crippen molar-refractivity contribution in [3.05, 3.63) is 35.4 Å². The molecule has 1 fully saturated rings. The van der Waals surface area contributed by atoms with Gasteiger partial charge in [0.05, 0.1) is 0 Å². The summed E-state index contributed by atoms with van der Waals surface area (Å²) in [4.78, 5) is 12.6. The van der Waals surface area contributed by atoms with Crippen LogP contribution in [0.3, 0.4) is 0 Å². The number of carbonyl (C=O) groups is 1. The summed E-state index contributed by atoms with van der Waals surface area (Å²) in [7, 11) is 0. The molecule has 0 bridgehead atoms. The summed E-state index contributed by atoms with van der Waals surface area (Å²) in [6, 6.07) is 8.49. The van der Waals surface area contributed by atoms with Crippen LogP contribution in [-0.4, -0.2) is 18.0 Å². The van der Waals surface area contributed by atoms with Crippen LogP contribution in [0.4, 0.5) is 0 Å². The smallest absolute Gasteiger partial charge is 0.165 e. The molecule has 1 aromatic carbocycles. The minimum atomic E-state index is -0.445. The van der Waals surface area contributed by atoms with Gasteiger partial charge in [-0.2, -0.15) is 0 Å². The highest BCUT2D eigenvalue weighted by molar-refractivity contribution is 5.88. The van der Waals surface area contributed by atoms with Gasteiger partial charge in [-0.05, 0) is 56.1 Å². The number of fused-ring (bicyclic) bond motifs is 1. The fourth-order valence-electron chi connectivity index (χ4n) is 3.68. The van der Waals surface area contributed by atoms with E-state index in [9.17, 15) is 4.79 Å². The number of rotatable bonds is 5. The summed E-state index contributed by atoms with van der Waals surface area (Å²) >= 11 is 0. The van der Waals surface area contributed by atoms with E-state index < -0.39 is 5.60 Å². The molecule has 0 N–H and O–H groups in total. The van der Waals surface area contributed by atoms with Crippen molar-refractivity contribution >= 4 is 5.78 Å². The van der Waals surface area contributed by atoms with Crippen molar-refractivity contribution in [3.8, 4) is 0 Å². The Kier molecular flexibility index (Phi) is 3.44. The Hall–Kier alpha value is -1.15. The summed E-state index contributed by atoms with van der Waals surface area (Å²) in [6.45, 7) is 2.64. The maximum Gasteiger partial charge on any atom is 0.165 e. The Balaban J connectivity index is 1.69. The maximum atomic E-state index is 12.6. The SMILES string of the molecule is CCOC1(C(=O)CC2Cc3ccccc32)CCCC1. The van der Waals surface area contributed by atoms with Crippen molar-refractivity contribution in [2.45, 2.75) is 57.0 Å². The number of ether oxygens (including phenoxy) is 1. The van der Waals surface area contributed by atoms with Crippen LogP contribution < -0.4 is 0 Å². The molecule has 0 spiro atoms. The van der Waals surface area contributed by atoms with Crippen LogP contribution >= 0.6 is 0 Å². The number of carbonyl (C=O) groups excluding carboxylic acids is 1. The highest BCUT2D eigenvalue weighted by atomic mass is 16.5. The topological polar surface area (TPSA) is 26.3 Å². The van der Waals surface area contributed by atoms with Crippen molar-refractivity contribution in [1.82, 2.24) is 0 Å². The van der Waals surface area contributed by atoms with Crippen LogP contribution in [0.5, 0.6) is 0 Å². The summed E-state index contributed by atoms with van der Waals surface area (Å²) < 4.78 is 5.86. The predicted molar refractivity (Wildman–Crippen MR) is 75.3 cm³/mol. The molecule has 0 aromatic heterocycles. The third-order valence-corrected chi connectivity index (χ3v) is 4.73. The first kappa shape index (κ1) is 12.9. The van der Waals surface area contributed by atoms with Gasteiger partial charge in [-0.1, -0.05) is 24.3 Å². The van der Waals surface area contributed by atoms with Gasteiger partial charge in [0.2, 0.25) is 0 Å². The van der Waals surface area contributed by atoms with E-state index in [1.54, 1.807) is 0 Å². The van der Waals surface area contributed by atoms with Crippen molar-refractivity contribution in [3.63, 3.8) is 0 Å². The lowest BCUT2D eigenvalue weighted by Crippen LogP contribution is -2.40. The Labute approximate surface area is 115 Å². The van der Waals surface area contributed by atoms with Gasteiger partial charge in [0, 0.05) is 13.0 Å². The summed E-state index contributed by atoms with van der Waals surface area (Å²) in [5.74, 6) is 0.771. The first-order valence-corrected chi connectivity index (χ1v) is 7.50. The lowest BCUT2D eigenvalue weighted by Gasteiger charge is -2.34. The van der Waals surface area contributed by atoms with Crippen LogP contribution in [0.15, 0.2) is 24.3 Å². The van der Waals surface area contributed by atoms with Crippen LogP contribution in [0.25, 0.3) is 0 Å². The second kappa shape index (κ2) is 5.09. The third kappa shape index (κ3) is 2.23. The van der Waals surface area contributed by atoms with Crippen LogP contribution in [-0.2, 0) is 16.0 Å². The van der Waals surface area contributed by atoms with Gasteiger partial charge >= 0.3 is 0 Å². The lowest BCUT2D eigenvalue weighted by atomic mass is 9.73. The molecule has 0 amide bonds. The van der Waals surface area contributed by atoms with E-state index in [0.29, 0.717) is 24.7 Å². The van der Waals surface area contributed by atoms with Gasteiger partial charge in [0.1, 0.15) is 5.60 Å². The Morgan fingerprint density at radius 2 is 2.05 bits per heavy atom.